The molecule has 0 aliphatic carbocycles. The van der Waals surface area contributed by atoms with E-state index in [1.807, 2.05) is 18.2 Å². The van der Waals surface area contributed by atoms with Crippen LogP contribution in [0.2, 0.25) is 0 Å². The molecule has 11 aromatic rings. The Bertz CT molecular complexity index is 3110. The molecule has 0 saturated heterocycles. The van der Waals surface area contributed by atoms with Gasteiger partial charge in [0.1, 0.15) is 16.7 Å². The Labute approximate surface area is 286 Å². The molecule has 0 saturated carbocycles. The predicted molar refractivity (Wildman–Crippen MR) is 208 cm³/mol. The summed E-state index contributed by atoms with van der Waals surface area (Å²) in [6.07, 6.45) is 0. The van der Waals surface area contributed by atoms with Crippen LogP contribution in [0.4, 0.5) is 17.1 Å². The van der Waals surface area contributed by atoms with Crippen molar-refractivity contribution in [3.8, 4) is 5.69 Å². The SMILES string of the molecule is c1ccc(-n2c3ccccc3c3cccc(N(c4cccc5c4ccc4oc6ccccc6c45)c4cccc5c4oc4ccccc45)c32)cc1. The van der Waals surface area contributed by atoms with Crippen LogP contribution in [0.5, 0.6) is 0 Å². The summed E-state index contributed by atoms with van der Waals surface area (Å²) in [4.78, 5) is 2.40. The van der Waals surface area contributed by atoms with E-state index in [4.69, 9.17) is 8.83 Å². The molecule has 8 aromatic carbocycles. The Morgan fingerprint density at radius 2 is 0.980 bits per heavy atom. The average molecular weight is 641 g/mol. The van der Waals surface area contributed by atoms with E-state index in [-0.39, 0.29) is 0 Å². The van der Waals surface area contributed by atoms with Crippen molar-refractivity contribution in [2.75, 3.05) is 4.90 Å². The van der Waals surface area contributed by atoms with Gasteiger partial charge in [-0.3, -0.25) is 0 Å². The zero-order valence-corrected chi connectivity index (χ0v) is 26.9. The van der Waals surface area contributed by atoms with Gasteiger partial charge in [-0.25, -0.2) is 0 Å². The fraction of sp³-hybridized carbons (Fsp3) is 0. The van der Waals surface area contributed by atoms with Crippen molar-refractivity contribution in [2.24, 2.45) is 0 Å². The number of nitrogens with zero attached hydrogens (tertiary/aromatic N) is 2. The van der Waals surface area contributed by atoms with Crippen molar-refractivity contribution >= 4 is 93.5 Å². The first-order valence-electron chi connectivity index (χ1n) is 16.9. The van der Waals surface area contributed by atoms with E-state index in [1.54, 1.807) is 0 Å². The summed E-state index contributed by atoms with van der Waals surface area (Å²) in [5, 5.41) is 9.09. The van der Waals surface area contributed by atoms with Gasteiger partial charge in [0.05, 0.1) is 28.1 Å². The molecule has 0 radical (unpaired) electrons. The fourth-order valence-corrected chi connectivity index (χ4v) is 8.08. The van der Waals surface area contributed by atoms with Crippen LogP contribution in [0.1, 0.15) is 0 Å². The molecule has 3 aromatic heterocycles. The summed E-state index contributed by atoms with van der Waals surface area (Å²) in [5.74, 6) is 0. The van der Waals surface area contributed by atoms with Gasteiger partial charge in [-0.05, 0) is 66.0 Å². The minimum absolute atomic E-state index is 0.847. The highest BCUT2D eigenvalue weighted by molar-refractivity contribution is 6.23. The first-order valence-corrected chi connectivity index (χ1v) is 16.9. The summed E-state index contributed by atoms with van der Waals surface area (Å²) in [5.41, 5.74) is 9.97. The Hall–Kier alpha value is -6.78. The number of hydrogen-bond acceptors (Lipinski definition) is 3. The minimum Gasteiger partial charge on any atom is -0.456 e. The van der Waals surface area contributed by atoms with Crippen LogP contribution >= 0.6 is 0 Å². The Morgan fingerprint density at radius 3 is 1.82 bits per heavy atom. The number of benzene rings is 8. The molecule has 0 atom stereocenters. The van der Waals surface area contributed by atoms with Gasteiger partial charge in [0.15, 0.2) is 5.58 Å². The minimum atomic E-state index is 0.847. The van der Waals surface area contributed by atoms with E-state index in [1.165, 1.54) is 10.8 Å². The van der Waals surface area contributed by atoms with Gasteiger partial charge < -0.3 is 18.3 Å². The lowest BCUT2D eigenvalue weighted by molar-refractivity contribution is 0.668. The number of aromatic nitrogens is 1. The monoisotopic (exact) mass is 640 g/mol. The van der Waals surface area contributed by atoms with E-state index in [9.17, 15) is 0 Å². The highest BCUT2D eigenvalue weighted by atomic mass is 16.3. The quantitative estimate of drug-likeness (QED) is 0.192. The zero-order valence-electron chi connectivity index (χ0n) is 26.9. The Morgan fingerprint density at radius 1 is 0.360 bits per heavy atom. The van der Waals surface area contributed by atoms with Crippen LogP contribution in [0, 0.1) is 0 Å². The van der Waals surface area contributed by atoms with Crippen molar-refractivity contribution in [1.82, 2.24) is 4.57 Å². The van der Waals surface area contributed by atoms with Gasteiger partial charge in [-0.1, -0.05) is 109 Å². The molecule has 3 heterocycles. The molecule has 234 valence electrons. The summed E-state index contributed by atoms with van der Waals surface area (Å²) in [7, 11) is 0. The van der Waals surface area contributed by atoms with Crippen molar-refractivity contribution in [3.05, 3.63) is 170 Å². The van der Waals surface area contributed by atoms with E-state index in [2.05, 4.69) is 161 Å². The highest BCUT2D eigenvalue weighted by Gasteiger charge is 2.26. The van der Waals surface area contributed by atoms with Gasteiger partial charge in [-0.15, -0.1) is 0 Å². The molecule has 4 heteroatoms. The molecule has 0 aliphatic heterocycles. The third kappa shape index (κ3) is 3.76. The first kappa shape index (κ1) is 27.2. The van der Waals surface area contributed by atoms with E-state index < -0.39 is 0 Å². The maximum absolute atomic E-state index is 6.76. The van der Waals surface area contributed by atoms with Crippen LogP contribution < -0.4 is 4.90 Å². The standard InChI is InChI=1S/C46H28N2O2/c1-2-13-29(14-3-1)47-37-21-7-4-15-30(37)34-19-11-23-39(45(34)47)48(40-24-12-20-35-32-16-5-8-25-41(32)50-46(35)40)38-22-10-18-33-31(38)27-28-43-44(33)36-17-6-9-26-42(36)49-43/h1-28H. The molecule has 0 bridgehead atoms. The molecule has 0 spiro atoms. The lowest BCUT2D eigenvalue weighted by atomic mass is 10.0. The molecule has 0 aliphatic rings. The van der Waals surface area contributed by atoms with Gasteiger partial charge in [0, 0.05) is 43.4 Å². The van der Waals surface area contributed by atoms with Crippen molar-refractivity contribution < 1.29 is 8.83 Å². The van der Waals surface area contributed by atoms with Gasteiger partial charge in [0.2, 0.25) is 0 Å². The summed E-state index contributed by atoms with van der Waals surface area (Å²) >= 11 is 0. The van der Waals surface area contributed by atoms with E-state index in [0.29, 0.717) is 0 Å². The second kappa shape index (κ2) is 10.4. The van der Waals surface area contributed by atoms with Crippen molar-refractivity contribution in [3.63, 3.8) is 0 Å². The number of hydrogen-bond donors (Lipinski definition) is 0. The fourth-order valence-electron chi connectivity index (χ4n) is 8.08. The summed E-state index contributed by atoms with van der Waals surface area (Å²) < 4.78 is 15.5. The molecule has 0 fully saturated rings. The maximum atomic E-state index is 6.76. The van der Waals surface area contributed by atoms with Crippen LogP contribution in [0.15, 0.2) is 179 Å². The number of anilines is 3. The Balaban J connectivity index is 1.31. The molecule has 0 N–H and O–H groups in total. The zero-order chi connectivity index (χ0) is 32.8. The third-order valence-corrected chi connectivity index (χ3v) is 10.2. The van der Waals surface area contributed by atoms with Gasteiger partial charge >= 0.3 is 0 Å². The lowest BCUT2D eigenvalue weighted by Crippen LogP contribution is -2.12. The van der Waals surface area contributed by atoms with Crippen molar-refractivity contribution in [2.45, 2.75) is 0 Å². The normalized spacial score (nSPS) is 12.0. The molecular weight excluding hydrogens is 613 g/mol. The number of furan rings is 2. The molecule has 50 heavy (non-hydrogen) atoms. The molecule has 11 rings (SSSR count). The first-order chi connectivity index (χ1) is 24.8. The Kier molecular flexibility index (Phi) is 5.63. The molecule has 0 unspecified atom stereocenters. The summed E-state index contributed by atoms with van der Waals surface area (Å²) in [6, 6.07) is 60.0. The largest absolute Gasteiger partial charge is 0.456 e. The van der Waals surface area contributed by atoms with E-state index in [0.717, 1.165) is 88.4 Å². The topological polar surface area (TPSA) is 34.5 Å². The maximum Gasteiger partial charge on any atom is 0.159 e. The summed E-state index contributed by atoms with van der Waals surface area (Å²) in [6.45, 7) is 0. The number of para-hydroxylation sites is 6. The highest BCUT2D eigenvalue weighted by Crippen LogP contribution is 2.49. The van der Waals surface area contributed by atoms with Crippen LogP contribution in [-0.2, 0) is 0 Å². The molecular formula is C46H28N2O2. The van der Waals surface area contributed by atoms with Crippen molar-refractivity contribution in [1.29, 1.82) is 0 Å². The smallest absolute Gasteiger partial charge is 0.159 e. The average Bonchev–Trinajstić information content (AvgIpc) is 3.86. The third-order valence-electron chi connectivity index (χ3n) is 10.2. The van der Waals surface area contributed by atoms with E-state index >= 15 is 0 Å². The van der Waals surface area contributed by atoms with Gasteiger partial charge in [0.25, 0.3) is 0 Å². The van der Waals surface area contributed by atoms with Gasteiger partial charge in [-0.2, -0.15) is 0 Å². The molecule has 4 nitrogen and oxygen atoms in total. The number of fused-ring (bicyclic) bond motifs is 11. The van der Waals surface area contributed by atoms with Crippen LogP contribution in [0.25, 0.3) is 82.1 Å². The second-order valence-corrected chi connectivity index (χ2v) is 12.9. The lowest BCUT2D eigenvalue weighted by Gasteiger charge is -2.28. The molecule has 0 amide bonds. The van der Waals surface area contributed by atoms with Crippen LogP contribution in [0.3, 0.4) is 0 Å². The number of rotatable bonds is 4. The second-order valence-electron chi connectivity index (χ2n) is 12.9. The predicted octanol–water partition coefficient (Wildman–Crippen LogP) is 13.2. The van der Waals surface area contributed by atoms with Crippen LogP contribution in [-0.4, -0.2) is 4.57 Å².